The molecule has 1 fully saturated rings. The van der Waals surface area contributed by atoms with Crippen molar-refractivity contribution in [1.82, 2.24) is 0 Å². The van der Waals surface area contributed by atoms with Crippen molar-refractivity contribution >= 4 is 0 Å². The lowest BCUT2D eigenvalue weighted by Crippen LogP contribution is -2.50. The zero-order valence-electron chi connectivity index (χ0n) is 8.02. The van der Waals surface area contributed by atoms with Crippen LogP contribution >= 0.6 is 0 Å². The first kappa shape index (κ1) is 7.39. The van der Waals surface area contributed by atoms with Crippen LogP contribution in [0, 0.1) is 23.2 Å². The normalized spacial score (nSPS) is 46.2. The fraction of sp³-hybridized carbons (Fsp3) is 0.818. The van der Waals surface area contributed by atoms with Crippen LogP contribution in [0.1, 0.15) is 34.1 Å². The highest BCUT2D eigenvalue weighted by Crippen LogP contribution is 2.60. The van der Waals surface area contributed by atoms with E-state index in [9.17, 15) is 0 Å². The zero-order valence-corrected chi connectivity index (χ0v) is 8.02. The Labute approximate surface area is 69.7 Å². The topological polar surface area (TPSA) is 0 Å². The van der Waals surface area contributed by atoms with Gasteiger partial charge in [0.1, 0.15) is 0 Å². The third kappa shape index (κ3) is 0.758. The highest BCUT2D eigenvalue weighted by molar-refractivity contribution is 5.23. The Kier molecular flexibility index (Phi) is 1.28. The molecular weight excluding hydrogens is 132 g/mol. The van der Waals surface area contributed by atoms with E-state index in [4.69, 9.17) is 0 Å². The summed E-state index contributed by atoms with van der Waals surface area (Å²) in [5, 5.41) is 0. The quantitative estimate of drug-likeness (QED) is 0.465. The van der Waals surface area contributed by atoms with Gasteiger partial charge in [-0.25, -0.2) is 0 Å². The number of allylic oxidation sites excluding steroid dienone is 2. The second-order valence-electron chi connectivity index (χ2n) is 4.99. The minimum absolute atomic E-state index is 0.609. The SMILES string of the molecule is CC1=CC(C)C2CC1C2(C)C. The molecule has 0 radical (unpaired) electrons. The number of fused-ring (bicyclic) bond motifs is 1. The molecule has 0 aromatic rings. The van der Waals surface area contributed by atoms with Crippen molar-refractivity contribution in [2.75, 3.05) is 0 Å². The van der Waals surface area contributed by atoms with Crippen molar-refractivity contribution in [3.05, 3.63) is 11.6 Å². The molecule has 0 amide bonds. The molecule has 0 heteroatoms. The molecular formula is C11H18. The summed E-state index contributed by atoms with van der Waals surface area (Å²) in [5.41, 5.74) is 2.25. The average Bonchev–Trinajstić information content (AvgIpc) is 1.84. The van der Waals surface area contributed by atoms with Crippen molar-refractivity contribution < 1.29 is 0 Å². The van der Waals surface area contributed by atoms with Crippen molar-refractivity contribution in [3.8, 4) is 0 Å². The fourth-order valence-corrected chi connectivity index (χ4v) is 3.27. The van der Waals surface area contributed by atoms with Crippen LogP contribution in [0.3, 0.4) is 0 Å². The molecule has 11 heavy (non-hydrogen) atoms. The summed E-state index contributed by atoms with van der Waals surface area (Å²) in [6.07, 6.45) is 3.93. The van der Waals surface area contributed by atoms with Crippen LogP contribution in [0.2, 0.25) is 0 Å². The van der Waals surface area contributed by atoms with Gasteiger partial charge in [0.15, 0.2) is 0 Å². The van der Waals surface area contributed by atoms with Gasteiger partial charge in [0.05, 0.1) is 0 Å². The Bertz CT molecular complexity index is 210. The van der Waals surface area contributed by atoms with Crippen molar-refractivity contribution in [3.63, 3.8) is 0 Å². The molecule has 0 N–H and O–H groups in total. The lowest BCUT2D eigenvalue weighted by molar-refractivity contribution is -0.0343. The van der Waals surface area contributed by atoms with Crippen LogP contribution in [0.4, 0.5) is 0 Å². The Hall–Kier alpha value is -0.260. The molecule has 0 nitrogen and oxygen atoms in total. The summed E-state index contributed by atoms with van der Waals surface area (Å²) >= 11 is 0. The molecule has 0 spiro atoms. The van der Waals surface area contributed by atoms with Crippen molar-refractivity contribution in [1.29, 1.82) is 0 Å². The first-order valence-electron chi connectivity index (χ1n) is 4.72. The fourth-order valence-electron chi connectivity index (χ4n) is 3.27. The summed E-state index contributed by atoms with van der Waals surface area (Å²) in [5.74, 6) is 2.70. The summed E-state index contributed by atoms with van der Waals surface area (Å²) in [7, 11) is 0. The van der Waals surface area contributed by atoms with Gasteiger partial charge >= 0.3 is 0 Å². The maximum Gasteiger partial charge on any atom is -0.0149 e. The zero-order chi connectivity index (χ0) is 8.22. The molecule has 3 atom stereocenters. The second-order valence-corrected chi connectivity index (χ2v) is 4.99. The Balaban J connectivity index is 2.34. The Morgan fingerprint density at radius 2 is 2.09 bits per heavy atom. The molecule has 2 bridgehead atoms. The Morgan fingerprint density at radius 3 is 2.45 bits per heavy atom. The predicted molar refractivity (Wildman–Crippen MR) is 48.3 cm³/mol. The molecule has 0 aromatic heterocycles. The van der Waals surface area contributed by atoms with E-state index in [0.29, 0.717) is 5.41 Å². The van der Waals surface area contributed by atoms with Crippen LogP contribution in [-0.4, -0.2) is 0 Å². The largest absolute Gasteiger partial charge is 0.0822 e. The smallest absolute Gasteiger partial charge is 0.0149 e. The highest BCUT2D eigenvalue weighted by Gasteiger charge is 2.52. The van der Waals surface area contributed by atoms with Crippen LogP contribution in [0.25, 0.3) is 0 Å². The maximum absolute atomic E-state index is 2.48. The third-order valence-corrected chi connectivity index (χ3v) is 4.05. The molecule has 3 unspecified atom stereocenters. The summed E-state index contributed by atoms with van der Waals surface area (Å²) in [6, 6.07) is 0. The number of hydrogen-bond donors (Lipinski definition) is 0. The van der Waals surface area contributed by atoms with E-state index < -0.39 is 0 Å². The van der Waals surface area contributed by atoms with Gasteiger partial charge in [0, 0.05) is 0 Å². The Morgan fingerprint density at radius 1 is 1.45 bits per heavy atom. The van der Waals surface area contributed by atoms with Crippen molar-refractivity contribution in [2.24, 2.45) is 23.2 Å². The first-order valence-corrected chi connectivity index (χ1v) is 4.72. The first-order chi connectivity index (χ1) is 5.03. The molecule has 0 aromatic carbocycles. The molecule has 3 rings (SSSR count). The molecule has 3 aliphatic carbocycles. The van der Waals surface area contributed by atoms with Gasteiger partial charge in [0.2, 0.25) is 0 Å². The van der Waals surface area contributed by atoms with Crippen LogP contribution in [0.15, 0.2) is 11.6 Å². The lowest BCUT2D eigenvalue weighted by Gasteiger charge is -2.58. The second kappa shape index (κ2) is 1.91. The van der Waals surface area contributed by atoms with Gasteiger partial charge in [-0.05, 0) is 36.5 Å². The van der Waals surface area contributed by atoms with Gasteiger partial charge in [-0.1, -0.05) is 32.4 Å². The van der Waals surface area contributed by atoms with Gasteiger partial charge in [-0.2, -0.15) is 0 Å². The van der Waals surface area contributed by atoms with E-state index in [2.05, 4.69) is 33.8 Å². The summed E-state index contributed by atoms with van der Waals surface area (Å²) < 4.78 is 0. The number of hydrogen-bond acceptors (Lipinski definition) is 0. The lowest BCUT2D eigenvalue weighted by atomic mass is 9.46. The standard InChI is InChI=1S/C11H18/c1-7-5-8(2)10-6-9(7)11(10,3)4/h5,7,9-10H,6H2,1-4H3. The predicted octanol–water partition coefficient (Wildman–Crippen LogP) is 3.24. The van der Waals surface area contributed by atoms with Gasteiger partial charge < -0.3 is 0 Å². The molecule has 62 valence electrons. The van der Waals surface area contributed by atoms with E-state index in [-0.39, 0.29) is 0 Å². The summed E-state index contributed by atoms with van der Waals surface area (Å²) in [6.45, 7) is 9.53. The van der Waals surface area contributed by atoms with Gasteiger partial charge in [0.25, 0.3) is 0 Å². The van der Waals surface area contributed by atoms with E-state index in [1.807, 2.05) is 0 Å². The molecule has 3 aliphatic rings. The molecule has 0 heterocycles. The van der Waals surface area contributed by atoms with Crippen LogP contribution in [-0.2, 0) is 0 Å². The molecule has 1 saturated carbocycles. The van der Waals surface area contributed by atoms with Crippen LogP contribution < -0.4 is 0 Å². The van der Waals surface area contributed by atoms with Gasteiger partial charge in [-0.15, -0.1) is 0 Å². The average molecular weight is 150 g/mol. The van der Waals surface area contributed by atoms with E-state index in [1.165, 1.54) is 6.42 Å². The minimum atomic E-state index is 0.609. The van der Waals surface area contributed by atoms with E-state index in [1.54, 1.807) is 5.57 Å². The molecule has 0 saturated heterocycles. The van der Waals surface area contributed by atoms with Crippen LogP contribution in [0.5, 0.6) is 0 Å². The summed E-state index contributed by atoms with van der Waals surface area (Å²) in [4.78, 5) is 0. The maximum atomic E-state index is 2.48. The highest BCUT2D eigenvalue weighted by atomic mass is 14.6. The minimum Gasteiger partial charge on any atom is -0.0822 e. The van der Waals surface area contributed by atoms with Crippen molar-refractivity contribution in [2.45, 2.75) is 34.1 Å². The number of rotatable bonds is 0. The third-order valence-electron chi connectivity index (χ3n) is 4.05. The van der Waals surface area contributed by atoms with E-state index >= 15 is 0 Å². The monoisotopic (exact) mass is 150 g/mol. The van der Waals surface area contributed by atoms with E-state index in [0.717, 1.165) is 17.8 Å². The molecule has 0 aliphatic heterocycles. The van der Waals surface area contributed by atoms with Gasteiger partial charge in [-0.3, -0.25) is 0 Å².